The lowest BCUT2D eigenvalue weighted by Crippen LogP contribution is -2.31. The van der Waals surface area contributed by atoms with E-state index in [2.05, 4.69) is 20.9 Å². The minimum Gasteiger partial charge on any atom is -0.326 e. The van der Waals surface area contributed by atoms with Crippen molar-refractivity contribution in [2.75, 3.05) is 0 Å². The molecule has 1 aromatic rings. The summed E-state index contributed by atoms with van der Waals surface area (Å²) >= 11 is 0. The summed E-state index contributed by atoms with van der Waals surface area (Å²) in [5.74, 6) is -0.316. The van der Waals surface area contributed by atoms with Gasteiger partial charge in [0.1, 0.15) is 6.04 Å². The molecule has 3 amide bonds. The number of rotatable bonds is 3. The second-order valence-electron chi connectivity index (χ2n) is 4.00. The highest BCUT2D eigenvalue weighted by atomic mass is 16.2. The lowest BCUT2D eigenvalue weighted by atomic mass is 10.2. The first-order valence-electron chi connectivity index (χ1n) is 5.08. The van der Waals surface area contributed by atoms with Gasteiger partial charge in [0.25, 0.3) is 5.91 Å². The maximum absolute atomic E-state index is 11.3. The van der Waals surface area contributed by atoms with Gasteiger partial charge < -0.3 is 5.32 Å². The van der Waals surface area contributed by atoms with Crippen molar-refractivity contribution in [2.45, 2.75) is 32.4 Å². The second-order valence-corrected chi connectivity index (χ2v) is 4.00. The van der Waals surface area contributed by atoms with E-state index >= 15 is 0 Å². The van der Waals surface area contributed by atoms with Crippen LogP contribution in [-0.4, -0.2) is 33.0 Å². The Morgan fingerprint density at radius 1 is 1.50 bits per heavy atom. The summed E-state index contributed by atoms with van der Waals surface area (Å²) < 4.78 is 1.71. The Hall–Kier alpha value is -1.92. The fraction of sp³-hybridized carbons (Fsp3) is 0.556. The zero-order valence-electron chi connectivity index (χ0n) is 9.10. The highest BCUT2D eigenvalue weighted by Gasteiger charge is 2.30. The van der Waals surface area contributed by atoms with Crippen LogP contribution in [0.5, 0.6) is 0 Å². The molecule has 1 saturated heterocycles. The van der Waals surface area contributed by atoms with Crippen molar-refractivity contribution < 1.29 is 9.59 Å². The van der Waals surface area contributed by atoms with Gasteiger partial charge in [0.05, 0.1) is 5.69 Å². The third kappa shape index (κ3) is 2.02. The van der Waals surface area contributed by atoms with E-state index in [0.717, 1.165) is 0 Å². The lowest BCUT2D eigenvalue weighted by Gasteiger charge is -2.03. The number of amides is 3. The molecule has 86 valence electrons. The number of imide groups is 1. The number of carbonyl (C=O) groups excluding carboxylic acids is 2. The van der Waals surface area contributed by atoms with E-state index in [4.69, 9.17) is 0 Å². The fourth-order valence-corrected chi connectivity index (χ4v) is 1.47. The van der Waals surface area contributed by atoms with Crippen LogP contribution in [0.3, 0.4) is 0 Å². The molecule has 0 aliphatic carbocycles. The molecule has 7 heteroatoms. The van der Waals surface area contributed by atoms with Gasteiger partial charge in [-0.25, -0.2) is 9.48 Å². The SMILES string of the molecule is CC(C)n1cc(C[C@@H]2NC(=O)NC2=O)nn1. The van der Waals surface area contributed by atoms with Gasteiger partial charge in [-0.1, -0.05) is 5.21 Å². The van der Waals surface area contributed by atoms with Crippen molar-refractivity contribution in [2.24, 2.45) is 0 Å². The fourth-order valence-electron chi connectivity index (χ4n) is 1.47. The zero-order chi connectivity index (χ0) is 11.7. The summed E-state index contributed by atoms with van der Waals surface area (Å²) in [4.78, 5) is 22.2. The Balaban J connectivity index is 2.04. The van der Waals surface area contributed by atoms with E-state index in [0.29, 0.717) is 12.1 Å². The number of nitrogens with one attached hydrogen (secondary N) is 2. The predicted octanol–water partition coefficient (Wildman–Crippen LogP) is -0.390. The first-order valence-corrected chi connectivity index (χ1v) is 5.08. The van der Waals surface area contributed by atoms with E-state index in [1.807, 2.05) is 13.8 Å². The van der Waals surface area contributed by atoms with Gasteiger partial charge in [0, 0.05) is 18.7 Å². The molecule has 0 radical (unpaired) electrons. The first-order chi connectivity index (χ1) is 7.56. The minimum absolute atomic E-state index is 0.230. The number of hydrogen-bond donors (Lipinski definition) is 2. The molecule has 2 heterocycles. The van der Waals surface area contributed by atoms with Crippen LogP contribution in [0.1, 0.15) is 25.6 Å². The Morgan fingerprint density at radius 2 is 2.25 bits per heavy atom. The molecular weight excluding hydrogens is 210 g/mol. The molecule has 16 heavy (non-hydrogen) atoms. The minimum atomic E-state index is -0.537. The van der Waals surface area contributed by atoms with Gasteiger partial charge in [0.2, 0.25) is 0 Å². The maximum Gasteiger partial charge on any atom is 0.322 e. The zero-order valence-corrected chi connectivity index (χ0v) is 9.10. The second kappa shape index (κ2) is 3.92. The normalized spacial score (nSPS) is 20.1. The molecule has 0 saturated carbocycles. The van der Waals surface area contributed by atoms with Crippen LogP contribution in [-0.2, 0) is 11.2 Å². The van der Waals surface area contributed by atoms with E-state index in [9.17, 15) is 9.59 Å². The van der Waals surface area contributed by atoms with Crippen LogP contribution in [0.25, 0.3) is 0 Å². The van der Waals surface area contributed by atoms with Gasteiger partial charge in [-0.05, 0) is 13.8 Å². The molecule has 0 aromatic carbocycles. The Labute approximate surface area is 92.2 Å². The van der Waals surface area contributed by atoms with Gasteiger partial charge >= 0.3 is 6.03 Å². The molecule has 1 aromatic heterocycles. The summed E-state index contributed by atoms with van der Waals surface area (Å²) in [6.07, 6.45) is 2.15. The van der Waals surface area contributed by atoms with Crippen molar-refractivity contribution >= 4 is 11.9 Å². The third-order valence-electron chi connectivity index (χ3n) is 2.36. The number of aromatic nitrogens is 3. The van der Waals surface area contributed by atoms with E-state index < -0.39 is 12.1 Å². The molecule has 1 fully saturated rings. The molecular formula is C9H13N5O2. The van der Waals surface area contributed by atoms with Crippen molar-refractivity contribution in [1.82, 2.24) is 25.6 Å². The molecule has 1 aliphatic heterocycles. The summed E-state index contributed by atoms with van der Waals surface area (Å²) in [7, 11) is 0. The Morgan fingerprint density at radius 3 is 2.75 bits per heavy atom. The number of urea groups is 1. The highest BCUT2D eigenvalue weighted by molar-refractivity contribution is 6.04. The third-order valence-corrected chi connectivity index (χ3v) is 2.36. The van der Waals surface area contributed by atoms with Crippen molar-refractivity contribution in [3.05, 3.63) is 11.9 Å². The van der Waals surface area contributed by atoms with Gasteiger partial charge in [-0.15, -0.1) is 5.10 Å². The molecule has 1 aliphatic rings. The van der Waals surface area contributed by atoms with Crippen LogP contribution >= 0.6 is 0 Å². The molecule has 0 spiro atoms. The van der Waals surface area contributed by atoms with E-state index in [1.54, 1.807) is 10.9 Å². The van der Waals surface area contributed by atoms with Crippen LogP contribution in [0, 0.1) is 0 Å². The topological polar surface area (TPSA) is 88.9 Å². The van der Waals surface area contributed by atoms with Crippen LogP contribution in [0.4, 0.5) is 4.79 Å². The summed E-state index contributed by atoms with van der Waals surface area (Å²) in [5.41, 5.74) is 0.691. The van der Waals surface area contributed by atoms with Crippen molar-refractivity contribution in [3.8, 4) is 0 Å². The standard InChI is InChI=1S/C9H13N5O2/c1-5(2)14-4-6(12-13-14)3-7-8(15)11-9(16)10-7/h4-5,7H,3H2,1-2H3,(H2,10,11,15,16)/t7-/m0/s1. The molecule has 2 N–H and O–H groups in total. The Kier molecular flexibility index (Phi) is 2.59. The summed E-state index contributed by atoms with van der Waals surface area (Å²) in [6.45, 7) is 3.98. The highest BCUT2D eigenvalue weighted by Crippen LogP contribution is 2.06. The maximum atomic E-state index is 11.3. The van der Waals surface area contributed by atoms with E-state index in [1.165, 1.54) is 0 Å². The first kappa shape index (κ1) is 10.6. The van der Waals surface area contributed by atoms with Crippen LogP contribution < -0.4 is 10.6 Å². The summed E-state index contributed by atoms with van der Waals surface area (Å²) in [6, 6.07) is -0.760. The van der Waals surface area contributed by atoms with Gasteiger partial charge in [-0.3, -0.25) is 10.1 Å². The van der Waals surface area contributed by atoms with E-state index in [-0.39, 0.29) is 11.9 Å². The average Bonchev–Trinajstić information content (AvgIpc) is 2.75. The average molecular weight is 223 g/mol. The quantitative estimate of drug-likeness (QED) is 0.683. The predicted molar refractivity (Wildman–Crippen MR) is 54.6 cm³/mol. The molecule has 7 nitrogen and oxygen atoms in total. The molecule has 1 atom stereocenters. The van der Waals surface area contributed by atoms with Crippen molar-refractivity contribution in [3.63, 3.8) is 0 Å². The molecule has 0 bridgehead atoms. The Bertz CT molecular complexity index is 425. The van der Waals surface area contributed by atoms with Gasteiger partial charge in [0.15, 0.2) is 0 Å². The van der Waals surface area contributed by atoms with Crippen molar-refractivity contribution in [1.29, 1.82) is 0 Å². The van der Waals surface area contributed by atoms with Crippen LogP contribution in [0.2, 0.25) is 0 Å². The smallest absolute Gasteiger partial charge is 0.322 e. The number of carbonyl (C=O) groups is 2. The molecule has 2 rings (SSSR count). The number of nitrogens with zero attached hydrogens (tertiary/aromatic N) is 3. The lowest BCUT2D eigenvalue weighted by molar-refractivity contribution is -0.120. The monoisotopic (exact) mass is 223 g/mol. The number of hydrogen-bond acceptors (Lipinski definition) is 4. The summed E-state index contributed by atoms with van der Waals surface area (Å²) in [5, 5.41) is 12.6. The largest absolute Gasteiger partial charge is 0.326 e. The van der Waals surface area contributed by atoms with Gasteiger partial charge in [-0.2, -0.15) is 0 Å². The molecule has 0 unspecified atom stereocenters. The van der Waals surface area contributed by atoms with Crippen LogP contribution in [0.15, 0.2) is 6.20 Å².